The monoisotopic (exact) mass is 424 g/mol. The number of hydrogen-bond donors (Lipinski definition) is 0. The fraction of sp³-hybridized carbons (Fsp3) is 0.231. The van der Waals surface area contributed by atoms with Crippen molar-refractivity contribution in [2.75, 3.05) is 14.2 Å². The van der Waals surface area contributed by atoms with Gasteiger partial charge in [0.2, 0.25) is 0 Å². The third-order valence-electron chi connectivity index (χ3n) is 2.65. The molecule has 1 aromatic carbocycles. The largest absolute Gasteiger partial charge is 0.496 e. The second kappa shape index (κ2) is 6.48. The van der Waals surface area contributed by atoms with Gasteiger partial charge in [-0.25, -0.2) is 0 Å². The molecule has 1 unspecified atom stereocenters. The van der Waals surface area contributed by atoms with Crippen LogP contribution in [-0.4, -0.2) is 14.2 Å². The topological polar surface area (TPSA) is 18.5 Å². The van der Waals surface area contributed by atoms with E-state index in [2.05, 4.69) is 31.9 Å². The van der Waals surface area contributed by atoms with Gasteiger partial charge in [-0.15, -0.1) is 22.9 Å². The van der Waals surface area contributed by atoms with E-state index < -0.39 is 0 Å². The molecule has 0 saturated heterocycles. The summed E-state index contributed by atoms with van der Waals surface area (Å²) < 4.78 is 12.6. The lowest BCUT2D eigenvalue weighted by Gasteiger charge is -2.16. The van der Waals surface area contributed by atoms with E-state index in [4.69, 9.17) is 21.1 Å². The smallest absolute Gasteiger partial charge is 0.133 e. The van der Waals surface area contributed by atoms with Gasteiger partial charge in [0.25, 0.3) is 0 Å². The van der Waals surface area contributed by atoms with Crippen molar-refractivity contribution in [1.29, 1.82) is 0 Å². The first-order chi connectivity index (χ1) is 9.08. The second-order valence-corrected chi connectivity index (χ2v) is 6.82. The Kier molecular flexibility index (Phi) is 5.17. The molecule has 0 spiro atoms. The molecule has 1 heterocycles. The molecule has 1 aromatic heterocycles. The number of thiophene rings is 1. The molecule has 0 aliphatic heterocycles. The first-order valence-corrected chi connectivity index (χ1v) is 8.27. The summed E-state index contributed by atoms with van der Waals surface area (Å²) in [5.41, 5.74) is 0.882. The van der Waals surface area contributed by atoms with Gasteiger partial charge in [-0.05, 0) is 55.4 Å². The summed E-state index contributed by atoms with van der Waals surface area (Å²) in [6.07, 6.45) is 0. The molecule has 0 N–H and O–H groups in total. The van der Waals surface area contributed by atoms with Gasteiger partial charge >= 0.3 is 0 Å². The molecule has 2 aromatic rings. The van der Waals surface area contributed by atoms with Crippen LogP contribution in [0.2, 0.25) is 0 Å². The Hall–Kier alpha value is -0.230. The van der Waals surface area contributed by atoms with Crippen molar-refractivity contribution in [3.05, 3.63) is 43.0 Å². The minimum absolute atomic E-state index is 0.286. The van der Waals surface area contributed by atoms with Crippen molar-refractivity contribution >= 4 is 54.8 Å². The average Bonchev–Trinajstić information content (AvgIpc) is 2.83. The molecule has 2 rings (SSSR count). The molecule has 0 fully saturated rings. The van der Waals surface area contributed by atoms with Crippen LogP contribution in [0.4, 0.5) is 0 Å². The van der Waals surface area contributed by atoms with Gasteiger partial charge in [0.15, 0.2) is 0 Å². The highest BCUT2D eigenvalue weighted by Gasteiger charge is 2.21. The van der Waals surface area contributed by atoms with E-state index in [1.807, 2.05) is 23.6 Å². The maximum atomic E-state index is 6.57. The lowest BCUT2D eigenvalue weighted by Crippen LogP contribution is -1.98. The summed E-state index contributed by atoms with van der Waals surface area (Å²) in [4.78, 5) is 1.05. The Morgan fingerprint density at radius 1 is 1.11 bits per heavy atom. The zero-order valence-electron chi connectivity index (χ0n) is 10.2. The molecule has 102 valence electrons. The minimum atomic E-state index is -0.286. The highest BCUT2D eigenvalue weighted by Crippen LogP contribution is 2.44. The molecular formula is C13H11Br2ClO2S. The quantitative estimate of drug-likeness (QED) is 0.591. The number of benzene rings is 1. The molecule has 19 heavy (non-hydrogen) atoms. The zero-order chi connectivity index (χ0) is 14.0. The summed E-state index contributed by atoms with van der Waals surface area (Å²) in [5, 5.41) is 1.71. The van der Waals surface area contributed by atoms with E-state index in [9.17, 15) is 0 Å². The molecule has 0 saturated carbocycles. The first kappa shape index (κ1) is 15.2. The van der Waals surface area contributed by atoms with Crippen LogP contribution >= 0.6 is 54.8 Å². The lowest BCUT2D eigenvalue weighted by atomic mass is 10.1. The fourth-order valence-corrected chi connectivity index (χ4v) is 4.36. The Morgan fingerprint density at radius 3 is 2.32 bits per heavy atom. The molecule has 0 radical (unpaired) electrons. The van der Waals surface area contributed by atoms with Gasteiger partial charge in [0.05, 0.1) is 24.1 Å². The molecule has 0 aliphatic rings. The van der Waals surface area contributed by atoms with Crippen molar-refractivity contribution in [1.82, 2.24) is 0 Å². The maximum absolute atomic E-state index is 6.57. The van der Waals surface area contributed by atoms with Gasteiger partial charge in [0, 0.05) is 14.9 Å². The van der Waals surface area contributed by atoms with Crippen LogP contribution in [0.25, 0.3) is 0 Å². The highest BCUT2D eigenvalue weighted by molar-refractivity contribution is 9.10. The van der Waals surface area contributed by atoms with Gasteiger partial charge in [-0.2, -0.15) is 0 Å². The number of alkyl halides is 1. The van der Waals surface area contributed by atoms with E-state index in [0.29, 0.717) is 0 Å². The third kappa shape index (κ3) is 3.10. The highest BCUT2D eigenvalue weighted by atomic mass is 79.9. The van der Waals surface area contributed by atoms with Crippen LogP contribution in [0.1, 0.15) is 15.8 Å². The summed E-state index contributed by atoms with van der Waals surface area (Å²) in [7, 11) is 3.26. The van der Waals surface area contributed by atoms with Crippen LogP contribution in [0.5, 0.6) is 11.5 Å². The van der Waals surface area contributed by atoms with Gasteiger partial charge in [0.1, 0.15) is 11.5 Å². The van der Waals surface area contributed by atoms with E-state index in [1.54, 1.807) is 25.6 Å². The molecule has 0 amide bonds. The molecule has 1 atom stereocenters. The van der Waals surface area contributed by atoms with E-state index in [1.165, 1.54) is 0 Å². The van der Waals surface area contributed by atoms with Crippen molar-refractivity contribution < 1.29 is 9.47 Å². The van der Waals surface area contributed by atoms with Crippen molar-refractivity contribution in [3.63, 3.8) is 0 Å². The van der Waals surface area contributed by atoms with Crippen LogP contribution in [-0.2, 0) is 0 Å². The molecular weight excluding hydrogens is 415 g/mol. The summed E-state index contributed by atoms with van der Waals surface area (Å²) in [5.74, 6) is 1.46. The Morgan fingerprint density at radius 2 is 1.79 bits per heavy atom. The number of methoxy groups -OCH3 is 2. The van der Waals surface area contributed by atoms with Crippen LogP contribution < -0.4 is 9.47 Å². The lowest BCUT2D eigenvalue weighted by molar-refractivity contribution is 0.397. The Labute approximate surface area is 137 Å². The number of hydrogen-bond acceptors (Lipinski definition) is 3. The van der Waals surface area contributed by atoms with E-state index >= 15 is 0 Å². The second-order valence-electron chi connectivity index (χ2n) is 3.72. The van der Waals surface area contributed by atoms with Crippen LogP contribution in [0.15, 0.2) is 32.5 Å². The van der Waals surface area contributed by atoms with Crippen LogP contribution in [0, 0.1) is 0 Å². The zero-order valence-corrected chi connectivity index (χ0v) is 15.0. The van der Waals surface area contributed by atoms with Crippen molar-refractivity contribution in [2.45, 2.75) is 5.38 Å². The Balaban J connectivity index is 2.51. The average molecular weight is 427 g/mol. The number of rotatable bonds is 4. The summed E-state index contributed by atoms with van der Waals surface area (Å²) >= 11 is 15.1. The number of halogens is 3. The standard InChI is InChI=1S/C13H11Br2ClO2S/c1-17-10-6-9(15)11(18-2)5-7(10)12(16)13-8(14)3-4-19-13/h3-6,12H,1-2H3. The predicted molar refractivity (Wildman–Crippen MR) is 87.0 cm³/mol. The fourth-order valence-electron chi connectivity index (χ4n) is 1.71. The third-order valence-corrected chi connectivity index (χ3v) is 5.79. The van der Waals surface area contributed by atoms with Gasteiger partial charge in [-0.1, -0.05) is 0 Å². The van der Waals surface area contributed by atoms with Gasteiger partial charge < -0.3 is 9.47 Å². The minimum Gasteiger partial charge on any atom is -0.496 e. The maximum Gasteiger partial charge on any atom is 0.133 e. The molecule has 0 aliphatic carbocycles. The van der Waals surface area contributed by atoms with E-state index in [-0.39, 0.29) is 5.38 Å². The molecule has 6 heteroatoms. The van der Waals surface area contributed by atoms with Crippen LogP contribution in [0.3, 0.4) is 0 Å². The molecule has 2 nitrogen and oxygen atoms in total. The van der Waals surface area contributed by atoms with Gasteiger partial charge in [-0.3, -0.25) is 0 Å². The SMILES string of the molecule is COc1cc(C(Cl)c2sccc2Br)c(OC)cc1Br. The summed E-state index contributed by atoms with van der Waals surface area (Å²) in [6, 6.07) is 5.75. The molecule has 0 bridgehead atoms. The first-order valence-electron chi connectivity index (χ1n) is 5.36. The Bertz CT molecular complexity index is 586. The normalized spacial score (nSPS) is 12.3. The van der Waals surface area contributed by atoms with E-state index in [0.717, 1.165) is 30.9 Å². The summed E-state index contributed by atoms with van der Waals surface area (Å²) in [6.45, 7) is 0. The predicted octanol–water partition coefficient (Wildman–Crippen LogP) is 5.62. The van der Waals surface area contributed by atoms with Crippen molar-refractivity contribution in [3.8, 4) is 11.5 Å². The number of ether oxygens (including phenoxy) is 2. The van der Waals surface area contributed by atoms with Crippen molar-refractivity contribution in [2.24, 2.45) is 0 Å².